The molecule has 0 aromatic heterocycles. The van der Waals surface area contributed by atoms with Crippen molar-refractivity contribution >= 4 is 6.71 Å². The Kier molecular flexibility index (Phi) is 8.13. The third-order valence-corrected chi connectivity index (χ3v) is 6.01. The van der Waals surface area contributed by atoms with Crippen molar-refractivity contribution < 1.29 is 0 Å². The molecule has 1 unspecified atom stereocenters. The quantitative estimate of drug-likeness (QED) is 0.262. The Morgan fingerprint density at radius 1 is 1.10 bits per heavy atom. The van der Waals surface area contributed by atoms with E-state index in [-0.39, 0.29) is 0 Å². The SMILES string of the molecule is C=C(C)C(CCCC)[C@]1(C)C[C@@H]1B(CCCC)CCCC. The highest BCUT2D eigenvalue weighted by atomic mass is 14.6. The largest absolute Gasteiger partial charge is 0.143 e. The van der Waals surface area contributed by atoms with Crippen LogP contribution in [0.5, 0.6) is 0 Å². The van der Waals surface area contributed by atoms with Gasteiger partial charge in [-0.05, 0) is 24.7 Å². The van der Waals surface area contributed by atoms with E-state index in [0.717, 1.165) is 18.4 Å². The smallest absolute Gasteiger partial charge is 0.0998 e. The third kappa shape index (κ3) is 5.18. The van der Waals surface area contributed by atoms with Crippen molar-refractivity contribution in [3.8, 4) is 0 Å². The summed E-state index contributed by atoms with van der Waals surface area (Å²) < 4.78 is 0. The predicted octanol–water partition coefficient (Wildman–Crippen LogP) is 7.24. The first kappa shape index (κ1) is 18.9. The molecule has 0 nitrogen and oxygen atoms in total. The van der Waals surface area contributed by atoms with Crippen molar-refractivity contribution in [2.24, 2.45) is 11.3 Å². The summed E-state index contributed by atoms with van der Waals surface area (Å²) in [5.74, 6) is 1.75. The lowest BCUT2D eigenvalue weighted by Crippen LogP contribution is -2.22. The van der Waals surface area contributed by atoms with Gasteiger partial charge < -0.3 is 0 Å². The lowest BCUT2D eigenvalue weighted by atomic mass is 9.38. The molecule has 0 heterocycles. The van der Waals surface area contributed by atoms with Crippen molar-refractivity contribution in [1.29, 1.82) is 0 Å². The van der Waals surface area contributed by atoms with E-state index in [4.69, 9.17) is 0 Å². The van der Waals surface area contributed by atoms with Crippen LogP contribution in [0.1, 0.15) is 86.0 Å². The Hall–Kier alpha value is -0.195. The summed E-state index contributed by atoms with van der Waals surface area (Å²) in [6.45, 7) is 17.1. The van der Waals surface area contributed by atoms with Crippen LogP contribution in [0.4, 0.5) is 0 Å². The van der Waals surface area contributed by atoms with Crippen molar-refractivity contribution in [2.45, 2.75) is 104 Å². The number of unbranched alkanes of at least 4 members (excludes halogenated alkanes) is 3. The second kappa shape index (κ2) is 9.06. The van der Waals surface area contributed by atoms with Gasteiger partial charge in [-0.25, -0.2) is 0 Å². The predicted molar refractivity (Wildman–Crippen MR) is 99.5 cm³/mol. The zero-order chi connectivity index (χ0) is 15.9. The van der Waals surface area contributed by atoms with E-state index in [0.29, 0.717) is 5.41 Å². The number of hydrogen-bond acceptors (Lipinski definition) is 0. The Bertz CT molecular complexity index is 301. The third-order valence-electron chi connectivity index (χ3n) is 6.01. The Morgan fingerprint density at radius 3 is 2.05 bits per heavy atom. The minimum Gasteiger partial charge on any atom is -0.0998 e. The highest BCUT2D eigenvalue weighted by molar-refractivity contribution is 6.61. The van der Waals surface area contributed by atoms with Crippen LogP contribution in [0.15, 0.2) is 12.2 Å². The molecule has 0 N–H and O–H groups in total. The van der Waals surface area contributed by atoms with Crippen molar-refractivity contribution in [2.75, 3.05) is 0 Å². The maximum Gasteiger partial charge on any atom is 0.143 e. The molecule has 0 radical (unpaired) electrons. The molecule has 0 bridgehead atoms. The maximum absolute atomic E-state index is 4.33. The van der Waals surface area contributed by atoms with Gasteiger partial charge in [0.2, 0.25) is 0 Å². The van der Waals surface area contributed by atoms with E-state index in [1.807, 2.05) is 0 Å². The molecular formula is C20H39B. The van der Waals surface area contributed by atoms with Crippen LogP contribution in [-0.4, -0.2) is 6.71 Å². The van der Waals surface area contributed by atoms with Crippen LogP contribution in [0.2, 0.25) is 18.5 Å². The molecule has 0 amide bonds. The van der Waals surface area contributed by atoms with Crippen LogP contribution >= 0.6 is 0 Å². The first-order valence-electron chi connectivity index (χ1n) is 9.66. The fourth-order valence-electron chi connectivity index (χ4n) is 4.55. The van der Waals surface area contributed by atoms with E-state index in [1.54, 1.807) is 0 Å². The molecule has 0 aliphatic heterocycles. The topological polar surface area (TPSA) is 0 Å². The Morgan fingerprint density at radius 2 is 1.62 bits per heavy atom. The van der Waals surface area contributed by atoms with Gasteiger partial charge in [-0.3, -0.25) is 0 Å². The van der Waals surface area contributed by atoms with Gasteiger partial charge in [-0.15, -0.1) is 0 Å². The van der Waals surface area contributed by atoms with Crippen molar-refractivity contribution in [3.63, 3.8) is 0 Å². The molecule has 1 aliphatic rings. The molecule has 122 valence electrons. The standard InChI is InChI=1S/C20H39B/c1-7-10-13-18(17(4)5)20(6)16-19(20)21(14-11-8-2)15-12-9-3/h18-19H,4,7-16H2,1-3,5-6H3/t18?,19-,20-/m0/s1. The van der Waals surface area contributed by atoms with Crippen LogP contribution in [-0.2, 0) is 0 Å². The van der Waals surface area contributed by atoms with Crippen LogP contribution in [0.3, 0.4) is 0 Å². The summed E-state index contributed by atoms with van der Waals surface area (Å²) in [6, 6.07) is 0. The maximum atomic E-state index is 4.33. The Balaban J connectivity index is 2.67. The summed E-state index contributed by atoms with van der Waals surface area (Å²) in [6.07, 6.45) is 14.0. The minimum absolute atomic E-state index is 0.577. The molecule has 1 rings (SSSR count). The molecule has 0 spiro atoms. The summed E-state index contributed by atoms with van der Waals surface area (Å²) in [4.78, 5) is 0. The highest BCUT2D eigenvalue weighted by Gasteiger charge is 2.57. The lowest BCUT2D eigenvalue weighted by molar-refractivity contribution is 0.353. The van der Waals surface area contributed by atoms with Gasteiger partial charge in [0.1, 0.15) is 6.71 Å². The van der Waals surface area contributed by atoms with Crippen LogP contribution in [0.25, 0.3) is 0 Å². The Labute approximate surface area is 135 Å². The molecular weight excluding hydrogens is 251 g/mol. The minimum atomic E-state index is 0.577. The monoisotopic (exact) mass is 290 g/mol. The van der Waals surface area contributed by atoms with E-state index >= 15 is 0 Å². The van der Waals surface area contributed by atoms with E-state index in [2.05, 4.69) is 41.2 Å². The van der Waals surface area contributed by atoms with Gasteiger partial charge in [0.05, 0.1) is 0 Å². The summed E-state index contributed by atoms with van der Waals surface area (Å²) in [5.41, 5.74) is 2.02. The van der Waals surface area contributed by atoms with Gasteiger partial charge in [-0.2, -0.15) is 0 Å². The van der Waals surface area contributed by atoms with E-state index < -0.39 is 0 Å². The number of hydrogen-bond donors (Lipinski definition) is 0. The number of allylic oxidation sites excluding steroid dienone is 1. The molecule has 0 aromatic carbocycles. The van der Waals surface area contributed by atoms with Gasteiger partial charge in [0, 0.05) is 0 Å². The van der Waals surface area contributed by atoms with Gasteiger partial charge in [0.25, 0.3) is 0 Å². The van der Waals surface area contributed by atoms with E-state index in [1.165, 1.54) is 69.6 Å². The molecule has 0 saturated heterocycles. The van der Waals surface area contributed by atoms with Crippen LogP contribution in [0, 0.1) is 11.3 Å². The summed E-state index contributed by atoms with van der Waals surface area (Å²) in [5, 5.41) is 0. The second-order valence-corrected chi connectivity index (χ2v) is 7.90. The van der Waals surface area contributed by atoms with Gasteiger partial charge in [0.15, 0.2) is 0 Å². The lowest BCUT2D eigenvalue weighted by Gasteiger charge is -2.27. The van der Waals surface area contributed by atoms with Crippen molar-refractivity contribution in [1.82, 2.24) is 0 Å². The first-order valence-corrected chi connectivity index (χ1v) is 9.66. The van der Waals surface area contributed by atoms with Crippen LogP contribution < -0.4 is 0 Å². The molecule has 0 aromatic rings. The van der Waals surface area contributed by atoms with Crippen molar-refractivity contribution in [3.05, 3.63) is 12.2 Å². The molecule has 1 fully saturated rings. The first-order chi connectivity index (χ1) is 10.0. The number of rotatable bonds is 12. The highest BCUT2D eigenvalue weighted by Crippen LogP contribution is 2.67. The zero-order valence-electron chi connectivity index (χ0n) is 15.5. The average Bonchev–Trinajstić information content (AvgIpc) is 3.11. The van der Waals surface area contributed by atoms with Gasteiger partial charge >= 0.3 is 0 Å². The molecule has 3 atom stereocenters. The fourth-order valence-corrected chi connectivity index (χ4v) is 4.55. The second-order valence-electron chi connectivity index (χ2n) is 7.90. The fraction of sp³-hybridized carbons (Fsp3) is 0.900. The molecule has 1 aliphatic carbocycles. The normalized spacial score (nSPS) is 25.7. The van der Waals surface area contributed by atoms with E-state index in [9.17, 15) is 0 Å². The average molecular weight is 290 g/mol. The molecule has 21 heavy (non-hydrogen) atoms. The van der Waals surface area contributed by atoms with Gasteiger partial charge in [-0.1, -0.05) is 103 Å². The summed E-state index contributed by atoms with van der Waals surface area (Å²) in [7, 11) is 0. The molecule has 1 heteroatoms. The summed E-state index contributed by atoms with van der Waals surface area (Å²) >= 11 is 0. The zero-order valence-corrected chi connectivity index (χ0v) is 15.5. The molecule has 1 saturated carbocycles.